The van der Waals surface area contributed by atoms with Gasteiger partial charge in [-0.1, -0.05) is 34.6 Å². The van der Waals surface area contributed by atoms with Gasteiger partial charge in [-0.25, -0.2) is 4.79 Å². The van der Waals surface area contributed by atoms with Gasteiger partial charge in [-0.3, -0.25) is 4.79 Å². The maximum Gasteiger partial charge on any atom is 0.338 e. The lowest BCUT2D eigenvalue weighted by atomic mass is 9.33. The summed E-state index contributed by atoms with van der Waals surface area (Å²) in [6.45, 7) is 12.6. The number of ether oxygens (including phenoxy) is 5. The highest BCUT2D eigenvalue weighted by molar-refractivity contribution is 5.92. The fraction of sp³-hybridized carbons (Fsp3) is 0.735. The quantitative estimate of drug-likeness (QED) is 0.200. The summed E-state index contributed by atoms with van der Waals surface area (Å²) in [5, 5.41) is 25.0. The van der Waals surface area contributed by atoms with Gasteiger partial charge in [0, 0.05) is 48.5 Å². The Labute approximate surface area is 261 Å². The van der Waals surface area contributed by atoms with Gasteiger partial charge in [0.2, 0.25) is 0 Å². The fourth-order valence-electron chi connectivity index (χ4n) is 12.5. The molecule has 1 aromatic heterocycles. The van der Waals surface area contributed by atoms with Gasteiger partial charge in [0.15, 0.2) is 11.7 Å². The lowest BCUT2D eigenvalue weighted by molar-refractivity contribution is -0.471. The van der Waals surface area contributed by atoms with Gasteiger partial charge in [-0.05, 0) is 43.1 Å². The van der Waals surface area contributed by atoms with Gasteiger partial charge in [0.25, 0.3) is 5.97 Å². The average Bonchev–Trinajstić information content (AvgIpc) is 3.64. The van der Waals surface area contributed by atoms with E-state index in [0.717, 1.165) is 6.29 Å². The largest absolute Gasteiger partial charge is 0.511 e. The molecule has 12 atom stereocenters. The van der Waals surface area contributed by atoms with Crippen LogP contribution in [0.4, 0.5) is 0 Å². The molecule has 7 aliphatic rings. The second-order valence-corrected chi connectivity index (χ2v) is 15.9. The molecular formula is C34H42O11. The molecule has 4 bridgehead atoms. The molecule has 7 fully saturated rings. The molecule has 0 radical (unpaired) electrons. The summed E-state index contributed by atoms with van der Waals surface area (Å²) in [7, 11) is 0. The summed E-state index contributed by atoms with van der Waals surface area (Å²) >= 11 is 0. The van der Waals surface area contributed by atoms with Crippen LogP contribution in [-0.4, -0.2) is 62.9 Å². The Balaban J connectivity index is 1.49. The number of hydrogen-bond acceptors (Lipinski definition) is 11. The van der Waals surface area contributed by atoms with Crippen LogP contribution in [0.2, 0.25) is 0 Å². The van der Waals surface area contributed by atoms with Crippen molar-refractivity contribution >= 4 is 18.2 Å². The Kier molecular flexibility index (Phi) is 5.41. The predicted octanol–water partition coefficient (Wildman–Crippen LogP) is 4.43. The van der Waals surface area contributed by atoms with E-state index in [2.05, 4.69) is 6.92 Å². The molecule has 0 amide bonds. The standard InChI is InChI=1S/C34H42O11/c1-17(2)22(37)21-23-28(5,24(41-18(3)36)19-9-13-40-14-19)10-11-32-29(6)20(8-12-35)27(4)15-31(39)26(42-25(21)38)34(23,32)45-30(7,43-32)44-33(29,31)16-27/h9,12-14,17,20,23-24,26,37,39H,8,10-11,15-16H2,1-7H3/b22-21-. The first-order valence-corrected chi connectivity index (χ1v) is 16.1. The van der Waals surface area contributed by atoms with E-state index >= 15 is 0 Å². The van der Waals surface area contributed by atoms with Gasteiger partial charge < -0.3 is 43.1 Å². The molecule has 4 heterocycles. The minimum atomic E-state index is -1.71. The Morgan fingerprint density at radius 2 is 1.82 bits per heavy atom. The third-order valence-electron chi connectivity index (χ3n) is 13.5. The van der Waals surface area contributed by atoms with Gasteiger partial charge in [0.05, 0.1) is 18.1 Å². The van der Waals surface area contributed by atoms with E-state index in [1.54, 1.807) is 26.8 Å². The molecule has 8 rings (SSSR count). The van der Waals surface area contributed by atoms with Gasteiger partial charge in [-0.15, -0.1) is 0 Å². The van der Waals surface area contributed by atoms with Crippen molar-refractivity contribution in [1.82, 2.24) is 0 Å². The number of aliphatic hydroxyl groups excluding tert-OH is 1. The van der Waals surface area contributed by atoms with Crippen LogP contribution in [0.5, 0.6) is 0 Å². The van der Waals surface area contributed by atoms with E-state index in [9.17, 15) is 24.6 Å². The van der Waals surface area contributed by atoms with Crippen molar-refractivity contribution in [2.75, 3.05) is 0 Å². The number of carbonyl (C=O) groups is 3. The molecule has 244 valence electrons. The highest BCUT2D eigenvalue weighted by Crippen LogP contribution is 2.90. The molecule has 2 N–H and O–H groups in total. The number of fused-ring (bicyclic) bond motifs is 3. The normalized spacial score (nSPS) is 53.3. The first-order valence-electron chi connectivity index (χ1n) is 16.1. The Morgan fingerprint density at radius 3 is 2.44 bits per heavy atom. The highest BCUT2D eigenvalue weighted by Gasteiger charge is 3.02. The van der Waals surface area contributed by atoms with Crippen molar-refractivity contribution in [3.05, 3.63) is 35.5 Å². The fourth-order valence-corrected chi connectivity index (χ4v) is 12.5. The first kappa shape index (κ1) is 29.7. The number of hydrogen-bond donors (Lipinski definition) is 2. The second kappa shape index (κ2) is 8.21. The molecule has 4 saturated carbocycles. The predicted molar refractivity (Wildman–Crippen MR) is 153 cm³/mol. The van der Waals surface area contributed by atoms with E-state index < -0.39 is 80.6 Å². The number of furan rings is 1. The lowest BCUT2D eigenvalue weighted by Gasteiger charge is -2.77. The molecule has 11 nitrogen and oxygen atoms in total. The van der Waals surface area contributed by atoms with Crippen LogP contribution in [0, 0.1) is 34.0 Å². The van der Waals surface area contributed by atoms with Crippen molar-refractivity contribution in [3.8, 4) is 0 Å². The zero-order valence-corrected chi connectivity index (χ0v) is 26.8. The molecule has 3 saturated heterocycles. The van der Waals surface area contributed by atoms with Crippen molar-refractivity contribution in [2.24, 2.45) is 34.0 Å². The van der Waals surface area contributed by atoms with Crippen molar-refractivity contribution < 1.29 is 52.7 Å². The van der Waals surface area contributed by atoms with Crippen molar-refractivity contribution in [2.45, 2.75) is 121 Å². The van der Waals surface area contributed by atoms with Gasteiger partial charge in [-0.2, -0.15) is 0 Å². The van der Waals surface area contributed by atoms with Gasteiger partial charge in [0.1, 0.15) is 35.0 Å². The minimum absolute atomic E-state index is 0.00921. The molecule has 4 aliphatic carbocycles. The maximum atomic E-state index is 14.4. The van der Waals surface area contributed by atoms with Crippen LogP contribution >= 0.6 is 0 Å². The summed E-state index contributed by atoms with van der Waals surface area (Å²) in [6.07, 6.45) is 3.36. The molecule has 45 heavy (non-hydrogen) atoms. The lowest BCUT2D eigenvalue weighted by Crippen LogP contribution is -2.92. The third kappa shape index (κ3) is 2.82. The first-order chi connectivity index (χ1) is 21.0. The van der Waals surface area contributed by atoms with E-state index in [0.29, 0.717) is 24.8 Å². The van der Waals surface area contributed by atoms with Crippen molar-refractivity contribution in [3.63, 3.8) is 0 Å². The highest BCUT2D eigenvalue weighted by atomic mass is 16.9. The summed E-state index contributed by atoms with van der Waals surface area (Å²) < 4.78 is 39.0. The number of allylic oxidation sites excluding steroid dienone is 1. The van der Waals surface area contributed by atoms with Gasteiger partial charge >= 0.3 is 11.9 Å². The molecule has 1 aromatic rings. The molecule has 12 unspecified atom stereocenters. The topological polar surface area (TPSA) is 151 Å². The van der Waals surface area contributed by atoms with Crippen LogP contribution in [-0.2, 0) is 38.1 Å². The maximum absolute atomic E-state index is 14.4. The number of aliphatic hydroxyl groups is 2. The van der Waals surface area contributed by atoms with Crippen molar-refractivity contribution in [1.29, 1.82) is 0 Å². The Bertz CT molecular complexity index is 1570. The molecule has 3 spiro atoms. The number of esters is 2. The third-order valence-corrected chi connectivity index (χ3v) is 13.5. The summed E-state index contributed by atoms with van der Waals surface area (Å²) in [4.78, 5) is 39.4. The zero-order chi connectivity index (χ0) is 32.4. The summed E-state index contributed by atoms with van der Waals surface area (Å²) in [5.41, 5.74) is -7.79. The smallest absolute Gasteiger partial charge is 0.338 e. The SMILES string of the molecule is CC(=O)OC(c1ccoc1)C1(C)CCC23OC4(C)OC25C1/C(=C(/O)C(C)C)C(=O)OC5C1(O)CC2(C)CC1(O4)C3(C)C2CC=O. The average molecular weight is 627 g/mol. The summed E-state index contributed by atoms with van der Waals surface area (Å²) in [6, 6.07) is 1.72. The Hall–Kier alpha value is -2.73. The minimum Gasteiger partial charge on any atom is -0.511 e. The second-order valence-electron chi connectivity index (χ2n) is 15.9. The van der Waals surface area contributed by atoms with Crippen LogP contribution in [0.25, 0.3) is 0 Å². The Morgan fingerprint density at radius 1 is 1.11 bits per heavy atom. The van der Waals surface area contributed by atoms with Crippen LogP contribution < -0.4 is 0 Å². The van der Waals surface area contributed by atoms with Crippen LogP contribution in [0.15, 0.2) is 34.3 Å². The van der Waals surface area contributed by atoms with Crippen LogP contribution in [0.1, 0.15) is 92.2 Å². The summed E-state index contributed by atoms with van der Waals surface area (Å²) in [5.74, 6) is -4.83. The number of rotatable bonds is 6. The molecule has 3 aliphatic heterocycles. The monoisotopic (exact) mass is 626 g/mol. The van der Waals surface area contributed by atoms with E-state index in [1.807, 2.05) is 13.8 Å². The molecule has 0 aromatic carbocycles. The zero-order valence-electron chi connectivity index (χ0n) is 26.8. The van der Waals surface area contributed by atoms with E-state index in [-0.39, 0.29) is 30.1 Å². The van der Waals surface area contributed by atoms with Crippen LogP contribution in [0.3, 0.4) is 0 Å². The number of aldehydes is 1. The van der Waals surface area contributed by atoms with E-state index in [1.165, 1.54) is 19.5 Å². The van der Waals surface area contributed by atoms with E-state index in [4.69, 9.17) is 28.1 Å². The molecular weight excluding hydrogens is 584 g/mol. The number of carbonyl (C=O) groups excluding carboxylic acids is 3. The molecule has 11 heteroatoms.